The summed E-state index contributed by atoms with van der Waals surface area (Å²) in [6.07, 6.45) is 18.2. The second kappa shape index (κ2) is 12.6. The van der Waals surface area contributed by atoms with E-state index in [0.717, 1.165) is 12.8 Å². The van der Waals surface area contributed by atoms with Crippen molar-refractivity contribution in [1.29, 1.82) is 0 Å². The second-order valence-corrected chi connectivity index (χ2v) is 4.68. The summed E-state index contributed by atoms with van der Waals surface area (Å²) in [4.78, 5) is 0. The van der Waals surface area contributed by atoms with Crippen molar-refractivity contribution >= 4 is 0 Å². The van der Waals surface area contributed by atoms with Crippen LogP contribution in [-0.4, -0.2) is 11.2 Å². The molecule has 16 heavy (non-hydrogen) atoms. The maximum absolute atomic E-state index is 9.41. The normalized spacial score (nSPS) is 12.3. The molecule has 1 atom stereocenters. The van der Waals surface area contributed by atoms with Gasteiger partial charge in [-0.2, -0.15) is 0 Å². The van der Waals surface area contributed by atoms with E-state index >= 15 is 0 Å². The Bertz CT molecular complexity index is 169. The first-order valence-electron chi connectivity index (χ1n) is 6.92. The summed E-state index contributed by atoms with van der Waals surface area (Å²) < 4.78 is 0. The molecule has 0 aliphatic carbocycles. The molecular weight excluding hydrogens is 196 g/mol. The van der Waals surface area contributed by atoms with Crippen LogP contribution in [0.1, 0.15) is 77.6 Å². The highest BCUT2D eigenvalue weighted by molar-refractivity contribution is 4.86. The highest BCUT2D eigenvalue weighted by atomic mass is 16.3. The first-order chi connectivity index (χ1) is 7.81. The molecule has 0 aliphatic heterocycles. The predicted octanol–water partition coefficient (Wildman–Crippen LogP) is 4.29. The van der Waals surface area contributed by atoms with Crippen LogP contribution in [0.3, 0.4) is 0 Å². The van der Waals surface area contributed by atoms with Crippen molar-refractivity contribution < 1.29 is 5.11 Å². The van der Waals surface area contributed by atoms with E-state index in [2.05, 4.69) is 12.8 Å². The van der Waals surface area contributed by atoms with Gasteiger partial charge in [0.05, 0.1) is 6.10 Å². The van der Waals surface area contributed by atoms with Gasteiger partial charge in [-0.3, -0.25) is 0 Å². The van der Waals surface area contributed by atoms with Crippen molar-refractivity contribution in [2.75, 3.05) is 0 Å². The standard InChI is InChI=1S/C15H28O/c1-3-5-6-7-8-9-10-11-12-14-15(16)13-4-2/h2,15-16H,3,5-14H2,1H3. The Morgan fingerprint density at radius 2 is 1.44 bits per heavy atom. The number of unbranched alkanes of at least 4 members (excludes halogenated alkanes) is 8. The second-order valence-electron chi connectivity index (χ2n) is 4.68. The van der Waals surface area contributed by atoms with Gasteiger partial charge in [0.1, 0.15) is 0 Å². The molecule has 0 spiro atoms. The third kappa shape index (κ3) is 11.6. The van der Waals surface area contributed by atoms with Crippen molar-refractivity contribution in [3.63, 3.8) is 0 Å². The van der Waals surface area contributed by atoms with Crippen LogP contribution >= 0.6 is 0 Å². The van der Waals surface area contributed by atoms with Crippen molar-refractivity contribution in [3.8, 4) is 12.3 Å². The molecule has 94 valence electrons. The maximum Gasteiger partial charge on any atom is 0.0649 e. The molecule has 1 nitrogen and oxygen atoms in total. The quantitative estimate of drug-likeness (QED) is 0.410. The van der Waals surface area contributed by atoms with Gasteiger partial charge in [0.15, 0.2) is 0 Å². The summed E-state index contributed by atoms with van der Waals surface area (Å²) in [6, 6.07) is 0. The van der Waals surface area contributed by atoms with Crippen molar-refractivity contribution in [2.45, 2.75) is 83.7 Å². The van der Waals surface area contributed by atoms with E-state index in [1.165, 1.54) is 51.4 Å². The van der Waals surface area contributed by atoms with Crippen molar-refractivity contribution in [2.24, 2.45) is 0 Å². The highest BCUT2D eigenvalue weighted by Crippen LogP contribution is 2.11. The molecule has 1 N–H and O–H groups in total. The lowest BCUT2D eigenvalue weighted by atomic mass is 10.0. The van der Waals surface area contributed by atoms with Gasteiger partial charge in [-0.25, -0.2) is 0 Å². The lowest BCUT2D eigenvalue weighted by molar-refractivity contribution is 0.166. The molecule has 0 aromatic rings. The van der Waals surface area contributed by atoms with Crippen LogP contribution in [0.15, 0.2) is 0 Å². The van der Waals surface area contributed by atoms with Gasteiger partial charge in [0.25, 0.3) is 0 Å². The summed E-state index contributed by atoms with van der Waals surface area (Å²) >= 11 is 0. The molecule has 0 aromatic carbocycles. The number of rotatable bonds is 11. The van der Waals surface area contributed by atoms with Gasteiger partial charge in [0, 0.05) is 6.42 Å². The van der Waals surface area contributed by atoms with E-state index in [0.29, 0.717) is 6.42 Å². The molecule has 0 aromatic heterocycles. The molecule has 0 bridgehead atoms. The smallest absolute Gasteiger partial charge is 0.0649 e. The third-order valence-electron chi connectivity index (χ3n) is 2.99. The number of aliphatic hydroxyl groups is 1. The van der Waals surface area contributed by atoms with E-state index in [9.17, 15) is 5.11 Å². The number of aliphatic hydroxyl groups excluding tert-OH is 1. The first-order valence-corrected chi connectivity index (χ1v) is 6.92. The van der Waals surface area contributed by atoms with E-state index in [-0.39, 0.29) is 6.10 Å². The van der Waals surface area contributed by atoms with Crippen LogP contribution in [0.25, 0.3) is 0 Å². The lowest BCUT2D eigenvalue weighted by Gasteiger charge is -2.06. The van der Waals surface area contributed by atoms with E-state index in [1.807, 2.05) is 0 Å². The summed E-state index contributed by atoms with van der Waals surface area (Å²) in [7, 11) is 0. The first kappa shape index (κ1) is 15.5. The molecule has 0 radical (unpaired) electrons. The van der Waals surface area contributed by atoms with Gasteiger partial charge in [-0.15, -0.1) is 12.3 Å². The summed E-state index contributed by atoms with van der Waals surface area (Å²) in [5.41, 5.74) is 0. The fourth-order valence-corrected chi connectivity index (χ4v) is 1.93. The third-order valence-corrected chi connectivity index (χ3v) is 2.99. The zero-order chi connectivity index (χ0) is 12.1. The molecule has 1 heteroatoms. The van der Waals surface area contributed by atoms with Gasteiger partial charge in [-0.05, 0) is 6.42 Å². The molecule has 0 fully saturated rings. The summed E-state index contributed by atoms with van der Waals surface area (Å²) in [6.45, 7) is 2.25. The lowest BCUT2D eigenvalue weighted by Crippen LogP contribution is -2.04. The van der Waals surface area contributed by atoms with Gasteiger partial charge in [-0.1, -0.05) is 64.7 Å². The Kier molecular flexibility index (Phi) is 12.2. The zero-order valence-corrected chi connectivity index (χ0v) is 10.9. The minimum Gasteiger partial charge on any atom is -0.392 e. The Hall–Kier alpha value is -0.480. The van der Waals surface area contributed by atoms with Crippen LogP contribution < -0.4 is 0 Å². The van der Waals surface area contributed by atoms with Gasteiger partial charge in [0.2, 0.25) is 0 Å². The fourth-order valence-electron chi connectivity index (χ4n) is 1.93. The van der Waals surface area contributed by atoms with Crippen LogP contribution in [0.4, 0.5) is 0 Å². The molecule has 0 saturated heterocycles. The van der Waals surface area contributed by atoms with Gasteiger partial charge < -0.3 is 5.11 Å². The Morgan fingerprint density at radius 1 is 0.938 bits per heavy atom. The molecule has 0 saturated carbocycles. The molecule has 0 amide bonds. The number of terminal acetylenes is 1. The largest absolute Gasteiger partial charge is 0.392 e. The van der Waals surface area contributed by atoms with Crippen LogP contribution in [0.2, 0.25) is 0 Å². The molecule has 0 rings (SSSR count). The summed E-state index contributed by atoms with van der Waals surface area (Å²) in [5, 5.41) is 9.41. The number of hydrogen-bond acceptors (Lipinski definition) is 1. The average molecular weight is 224 g/mol. The molecule has 0 heterocycles. The molecule has 1 unspecified atom stereocenters. The van der Waals surface area contributed by atoms with Crippen LogP contribution in [0, 0.1) is 12.3 Å². The predicted molar refractivity (Wildman–Crippen MR) is 71.3 cm³/mol. The SMILES string of the molecule is C#CCC(O)CCCCCCCCCCC. The van der Waals surface area contributed by atoms with E-state index < -0.39 is 0 Å². The van der Waals surface area contributed by atoms with E-state index in [1.54, 1.807) is 0 Å². The fraction of sp³-hybridized carbons (Fsp3) is 0.867. The highest BCUT2D eigenvalue weighted by Gasteiger charge is 2.00. The summed E-state index contributed by atoms with van der Waals surface area (Å²) in [5.74, 6) is 2.50. The van der Waals surface area contributed by atoms with E-state index in [4.69, 9.17) is 6.42 Å². The molecule has 0 aliphatic rings. The number of hydrogen-bond donors (Lipinski definition) is 1. The van der Waals surface area contributed by atoms with Crippen LogP contribution in [0.5, 0.6) is 0 Å². The van der Waals surface area contributed by atoms with Gasteiger partial charge >= 0.3 is 0 Å². The Morgan fingerprint density at radius 3 is 1.94 bits per heavy atom. The van der Waals surface area contributed by atoms with Crippen molar-refractivity contribution in [3.05, 3.63) is 0 Å². The van der Waals surface area contributed by atoms with Crippen LogP contribution in [-0.2, 0) is 0 Å². The monoisotopic (exact) mass is 224 g/mol. The maximum atomic E-state index is 9.41. The Balaban J connectivity index is 3.01. The van der Waals surface area contributed by atoms with Crippen molar-refractivity contribution in [1.82, 2.24) is 0 Å². The Labute approximate surface area is 102 Å². The zero-order valence-electron chi connectivity index (χ0n) is 10.9. The minimum absolute atomic E-state index is 0.269. The minimum atomic E-state index is -0.269. The molecular formula is C15H28O. The topological polar surface area (TPSA) is 20.2 Å². The average Bonchev–Trinajstić information content (AvgIpc) is 2.27.